The summed E-state index contributed by atoms with van der Waals surface area (Å²) in [6.07, 6.45) is 2.53. The number of rotatable bonds is 4. The minimum absolute atomic E-state index is 0.0373. The zero-order chi connectivity index (χ0) is 17.1. The predicted octanol–water partition coefficient (Wildman–Crippen LogP) is 2.26. The maximum absolute atomic E-state index is 12.9. The first-order chi connectivity index (χ1) is 11.6. The Morgan fingerprint density at radius 2 is 2.21 bits per heavy atom. The van der Waals surface area contributed by atoms with E-state index in [2.05, 4.69) is 21.2 Å². The summed E-state index contributed by atoms with van der Waals surface area (Å²) in [6, 6.07) is 7.69. The van der Waals surface area contributed by atoms with Gasteiger partial charge in [-0.15, -0.1) is 0 Å². The number of amides is 2. The van der Waals surface area contributed by atoms with Crippen LogP contribution in [0.4, 0.5) is 5.69 Å². The maximum Gasteiger partial charge on any atom is 0.228 e. The van der Waals surface area contributed by atoms with Crippen molar-refractivity contribution < 1.29 is 9.59 Å². The van der Waals surface area contributed by atoms with E-state index >= 15 is 0 Å². The van der Waals surface area contributed by atoms with Crippen molar-refractivity contribution in [3.63, 3.8) is 0 Å². The van der Waals surface area contributed by atoms with Crippen LogP contribution in [0.1, 0.15) is 19.3 Å². The van der Waals surface area contributed by atoms with Crippen LogP contribution in [0.3, 0.4) is 0 Å². The Labute approximate surface area is 151 Å². The van der Waals surface area contributed by atoms with Crippen LogP contribution in [0.15, 0.2) is 28.7 Å². The molecule has 130 valence electrons. The summed E-state index contributed by atoms with van der Waals surface area (Å²) in [6.45, 7) is 3.06. The number of piperidine rings is 1. The number of carbonyl (C=O) groups is 2. The standard InChI is InChI=1S/C18H24BrN3O2/c1-20-10-13-4-3-7-21(11-13)18(24)14-8-17(23)22(12-14)16-6-2-5-15(19)9-16/h2,5-6,9,13-14,20H,3-4,7-8,10-12H2,1H3. The normalized spacial score (nSPS) is 24.5. The van der Waals surface area contributed by atoms with E-state index in [1.807, 2.05) is 36.2 Å². The number of halogens is 1. The Balaban J connectivity index is 1.65. The lowest BCUT2D eigenvalue weighted by Gasteiger charge is -2.34. The highest BCUT2D eigenvalue weighted by atomic mass is 79.9. The van der Waals surface area contributed by atoms with Gasteiger partial charge >= 0.3 is 0 Å². The van der Waals surface area contributed by atoms with Gasteiger partial charge in [-0.25, -0.2) is 0 Å². The fourth-order valence-electron chi connectivity index (χ4n) is 3.75. The molecule has 1 N–H and O–H groups in total. The highest BCUT2D eigenvalue weighted by Crippen LogP contribution is 2.29. The summed E-state index contributed by atoms with van der Waals surface area (Å²) in [7, 11) is 1.95. The first-order valence-corrected chi connectivity index (χ1v) is 9.37. The number of hydrogen-bond donors (Lipinski definition) is 1. The molecule has 5 nitrogen and oxygen atoms in total. The third-order valence-corrected chi connectivity index (χ3v) is 5.41. The maximum atomic E-state index is 12.9. The third kappa shape index (κ3) is 3.81. The van der Waals surface area contributed by atoms with Crippen LogP contribution in [-0.2, 0) is 9.59 Å². The molecule has 2 fully saturated rings. The molecule has 1 aromatic carbocycles. The number of likely N-dealkylation sites (tertiary alicyclic amines) is 1. The van der Waals surface area contributed by atoms with Crippen molar-refractivity contribution in [2.75, 3.05) is 38.1 Å². The van der Waals surface area contributed by atoms with Crippen molar-refractivity contribution in [2.24, 2.45) is 11.8 Å². The van der Waals surface area contributed by atoms with Crippen molar-refractivity contribution in [3.05, 3.63) is 28.7 Å². The minimum Gasteiger partial charge on any atom is -0.342 e. The molecular weight excluding hydrogens is 370 g/mol. The first kappa shape index (κ1) is 17.4. The van der Waals surface area contributed by atoms with Crippen molar-refractivity contribution >= 4 is 33.4 Å². The Kier molecular flexibility index (Phi) is 5.56. The first-order valence-electron chi connectivity index (χ1n) is 8.58. The molecule has 0 radical (unpaired) electrons. The van der Waals surface area contributed by atoms with E-state index in [-0.39, 0.29) is 17.7 Å². The highest BCUT2D eigenvalue weighted by molar-refractivity contribution is 9.10. The largest absolute Gasteiger partial charge is 0.342 e. The molecule has 2 aliphatic heterocycles. The molecule has 2 aliphatic rings. The molecule has 24 heavy (non-hydrogen) atoms. The number of carbonyl (C=O) groups excluding carboxylic acids is 2. The number of nitrogens with zero attached hydrogens (tertiary/aromatic N) is 2. The SMILES string of the molecule is CNCC1CCCN(C(=O)C2CC(=O)N(c3cccc(Br)c3)C2)C1. The quantitative estimate of drug-likeness (QED) is 0.853. The topological polar surface area (TPSA) is 52.7 Å². The van der Waals surface area contributed by atoms with Gasteiger partial charge in [-0.2, -0.15) is 0 Å². The summed E-state index contributed by atoms with van der Waals surface area (Å²) in [5.41, 5.74) is 0.858. The fraction of sp³-hybridized carbons (Fsp3) is 0.556. The van der Waals surface area contributed by atoms with E-state index in [0.717, 1.165) is 36.2 Å². The molecule has 2 atom stereocenters. The van der Waals surface area contributed by atoms with E-state index in [1.54, 1.807) is 4.90 Å². The Morgan fingerprint density at radius 1 is 1.38 bits per heavy atom. The van der Waals surface area contributed by atoms with Gasteiger partial charge in [-0.05, 0) is 50.6 Å². The van der Waals surface area contributed by atoms with Crippen LogP contribution in [0, 0.1) is 11.8 Å². The van der Waals surface area contributed by atoms with Gasteiger partial charge < -0.3 is 15.1 Å². The number of benzene rings is 1. The van der Waals surface area contributed by atoms with Gasteiger partial charge in [0.1, 0.15) is 0 Å². The minimum atomic E-state index is -0.218. The fourth-order valence-corrected chi connectivity index (χ4v) is 4.13. The van der Waals surface area contributed by atoms with Gasteiger partial charge in [-0.3, -0.25) is 9.59 Å². The van der Waals surface area contributed by atoms with Gasteiger partial charge in [0.15, 0.2) is 0 Å². The van der Waals surface area contributed by atoms with E-state index in [9.17, 15) is 9.59 Å². The number of nitrogens with one attached hydrogen (secondary N) is 1. The molecule has 0 saturated carbocycles. The lowest BCUT2D eigenvalue weighted by molar-refractivity contribution is -0.137. The molecule has 1 aromatic rings. The van der Waals surface area contributed by atoms with Gasteiger partial charge in [0.05, 0.1) is 5.92 Å². The molecule has 3 rings (SSSR count). The monoisotopic (exact) mass is 393 g/mol. The van der Waals surface area contributed by atoms with E-state index in [4.69, 9.17) is 0 Å². The Hall–Kier alpha value is -1.40. The molecule has 0 bridgehead atoms. The molecule has 6 heteroatoms. The summed E-state index contributed by atoms with van der Waals surface area (Å²) >= 11 is 3.44. The molecule has 2 saturated heterocycles. The number of hydrogen-bond acceptors (Lipinski definition) is 3. The molecule has 0 aliphatic carbocycles. The second kappa shape index (κ2) is 7.66. The average Bonchev–Trinajstić information content (AvgIpc) is 2.96. The molecule has 2 heterocycles. The van der Waals surface area contributed by atoms with Gasteiger partial charge in [0.25, 0.3) is 0 Å². The van der Waals surface area contributed by atoms with Crippen LogP contribution in [0.25, 0.3) is 0 Å². The Morgan fingerprint density at radius 3 is 2.96 bits per heavy atom. The van der Waals surface area contributed by atoms with E-state index in [1.165, 1.54) is 6.42 Å². The zero-order valence-electron chi connectivity index (χ0n) is 14.0. The second-order valence-corrected chi connectivity index (χ2v) is 7.65. The van der Waals surface area contributed by atoms with Gasteiger partial charge in [0.2, 0.25) is 11.8 Å². The van der Waals surface area contributed by atoms with Crippen LogP contribution in [-0.4, -0.2) is 49.9 Å². The zero-order valence-corrected chi connectivity index (χ0v) is 15.6. The summed E-state index contributed by atoms with van der Waals surface area (Å²) in [5.74, 6) is 0.479. The van der Waals surface area contributed by atoms with Crippen LogP contribution >= 0.6 is 15.9 Å². The summed E-state index contributed by atoms with van der Waals surface area (Å²) in [5, 5.41) is 3.20. The molecule has 0 aromatic heterocycles. The summed E-state index contributed by atoms with van der Waals surface area (Å²) < 4.78 is 0.938. The highest BCUT2D eigenvalue weighted by Gasteiger charge is 2.38. The lowest BCUT2D eigenvalue weighted by Crippen LogP contribution is -2.45. The van der Waals surface area contributed by atoms with Crippen LogP contribution < -0.4 is 10.2 Å². The lowest BCUT2D eigenvalue weighted by atomic mass is 9.96. The van der Waals surface area contributed by atoms with Gasteiger partial charge in [0, 0.05) is 36.2 Å². The Bertz CT molecular complexity index is 620. The third-order valence-electron chi connectivity index (χ3n) is 4.92. The van der Waals surface area contributed by atoms with Crippen molar-refractivity contribution in [3.8, 4) is 0 Å². The van der Waals surface area contributed by atoms with Crippen LogP contribution in [0.2, 0.25) is 0 Å². The average molecular weight is 394 g/mol. The van der Waals surface area contributed by atoms with Gasteiger partial charge in [-0.1, -0.05) is 22.0 Å². The predicted molar refractivity (Wildman–Crippen MR) is 97.8 cm³/mol. The van der Waals surface area contributed by atoms with Crippen molar-refractivity contribution in [2.45, 2.75) is 19.3 Å². The molecule has 0 spiro atoms. The molecular formula is C18H24BrN3O2. The van der Waals surface area contributed by atoms with E-state index in [0.29, 0.717) is 18.9 Å². The molecule has 2 unspecified atom stereocenters. The van der Waals surface area contributed by atoms with Crippen molar-refractivity contribution in [1.82, 2.24) is 10.2 Å². The molecule has 2 amide bonds. The van der Waals surface area contributed by atoms with Crippen LogP contribution in [0.5, 0.6) is 0 Å². The smallest absolute Gasteiger partial charge is 0.228 e. The van der Waals surface area contributed by atoms with Crippen molar-refractivity contribution in [1.29, 1.82) is 0 Å². The van der Waals surface area contributed by atoms with E-state index < -0.39 is 0 Å². The summed E-state index contributed by atoms with van der Waals surface area (Å²) in [4.78, 5) is 28.9. The number of anilines is 1. The second-order valence-electron chi connectivity index (χ2n) is 6.74.